The minimum absolute atomic E-state index is 0.0725. The zero-order chi connectivity index (χ0) is 15.9. The minimum Gasteiger partial charge on any atom is -0.351 e. The van der Waals surface area contributed by atoms with Crippen molar-refractivity contribution in [3.05, 3.63) is 18.0 Å². The van der Waals surface area contributed by atoms with Crippen molar-refractivity contribution in [2.75, 3.05) is 33.7 Å². The van der Waals surface area contributed by atoms with E-state index >= 15 is 0 Å². The largest absolute Gasteiger partial charge is 0.351 e. The number of nitrogens with one attached hydrogen (secondary N) is 2. The lowest BCUT2D eigenvalue weighted by molar-refractivity contribution is -0.128. The van der Waals surface area contributed by atoms with Crippen molar-refractivity contribution in [3.8, 4) is 0 Å². The van der Waals surface area contributed by atoms with Gasteiger partial charge in [-0.25, -0.2) is 0 Å². The summed E-state index contributed by atoms with van der Waals surface area (Å²) < 4.78 is 1.87. The molecule has 1 unspecified atom stereocenters. The van der Waals surface area contributed by atoms with Gasteiger partial charge in [-0.1, -0.05) is 0 Å². The molecule has 0 bridgehead atoms. The quantitative estimate of drug-likeness (QED) is 0.746. The Morgan fingerprint density at radius 2 is 2.32 bits per heavy atom. The predicted molar refractivity (Wildman–Crippen MR) is 83.6 cm³/mol. The molecule has 0 aromatic carbocycles. The van der Waals surface area contributed by atoms with Gasteiger partial charge in [-0.3, -0.25) is 14.3 Å². The zero-order valence-corrected chi connectivity index (χ0v) is 13.3. The van der Waals surface area contributed by atoms with Crippen LogP contribution in [0.15, 0.2) is 12.3 Å². The van der Waals surface area contributed by atoms with Gasteiger partial charge in [-0.2, -0.15) is 5.10 Å². The first kappa shape index (κ1) is 16.5. The van der Waals surface area contributed by atoms with Crippen LogP contribution in [0.5, 0.6) is 0 Å². The Bertz CT molecular complexity index is 506. The first-order valence-electron chi connectivity index (χ1n) is 7.82. The summed E-state index contributed by atoms with van der Waals surface area (Å²) in [6.07, 6.45) is 5.15. The van der Waals surface area contributed by atoms with Crippen molar-refractivity contribution < 1.29 is 9.59 Å². The summed E-state index contributed by atoms with van der Waals surface area (Å²) >= 11 is 0. The van der Waals surface area contributed by atoms with Crippen molar-refractivity contribution in [2.45, 2.75) is 31.7 Å². The highest BCUT2D eigenvalue weighted by Crippen LogP contribution is 2.15. The van der Waals surface area contributed by atoms with Crippen LogP contribution in [-0.4, -0.2) is 60.2 Å². The molecule has 0 saturated carbocycles. The SMILES string of the molecule is CN(C)C(=O)CCCNC(=O)c1ccn(C2CCCNC2)n1. The molecule has 7 heteroatoms. The molecule has 0 aliphatic carbocycles. The van der Waals surface area contributed by atoms with E-state index in [0.717, 1.165) is 25.9 Å². The molecule has 2 rings (SSSR count). The molecule has 1 aromatic heterocycles. The lowest BCUT2D eigenvalue weighted by Gasteiger charge is -2.22. The van der Waals surface area contributed by atoms with E-state index in [1.165, 1.54) is 0 Å². The fraction of sp³-hybridized carbons (Fsp3) is 0.667. The molecule has 7 nitrogen and oxygen atoms in total. The monoisotopic (exact) mass is 307 g/mol. The number of carbonyl (C=O) groups is 2. The lowest BCUT2D eigenvalue weighted by atomic mass is 10.1. The van der Waals surface area contributed by atoms with Crippen molar-refractivity contribution in [3.63, 3.8) is 0 Å². The van der Waals surface area contributed by atoms with Crippen molar-refractivity contribution in [1.82, 2.24) is 25.3 Å². The third kappa shape index (κ3) is 4.56. The van der Waals surface area contributed by atoms with Crippen LogP contribution in [0.3, 0.4) is 0 Å². The van der Waals surface area contributed by atoms with E-state index in [9.17, 15) is 9.59 Å². The molecule has 2 amide bonds. The topological polar surface area (TPSA) is 79.3 Å². The molecule has 0 radical (unpaired) electrons. The van der Waals surface area contributed by atoms with E-state index in [-0.39, 0.29) is 11.8 Å². The molecule has 122 valence electrons. The van der Waals surface area contributed by atoms with Crippen LogP contribution in [0.4, 0.5) is 0 Å². The summed E-state index contributed by atoms with van der Waals surface area (Å²) in [5, 5.41) is 10.5. The third-order valence-corrected chi connectivity index (χ3v) is 3.84. The van der Waals surface area contributed by atoms with Gasteiger partial charge in [0.25, 0.3) is 5.91 Å². The van der Waals surface area contributed by atoms with Gasteiger partial charge in [0, 0.05) is 39.8 Å². The molecule has 1 atom stereocenters. The smallest absolute Gasteiger partial charge is 0.271 e. The fourth-order valence-corrected chi connectivity index (χ4v) is 2.48. The number of nitrogens with zero attached hydrogens (tertiary/aromatic N) is 3. The number of rotatable bonds is 6. The summed E-state index contributed by atoms with van der Waals surface area (Å²) in [6.45, 7) is 2.43. The van der Waals surface area contributed by atoms with Crippen molar-refractivity contribution in [2.24, 2.45) is 0 Å². The fourth-order valence-electron chi connectivity index (χ4n) is 2.48. The minimum atomic E-state index is -0.181. The summed E-state index contributed by atoms with van der Waals surface area (Å²) in [6, 6.07) is 2.07. The van der Waals surface area contributed by atoms with Gasteiger partial charge in [-0.05, 0) is 31.9 Å². The Labute approximate surface area is 131 Å². The molecule has 0 spiro atoms. The number of piperidine rings is 1. The second-order valence-electron chi connectivity index (χ2n) is 5.83. The van der Waals surface area contributed by atoms with Gasteiger partial charge in [-0.15, -0.1) is 0 Å². The van der Waals surface area contributed by atoms with Crippen molar-refractivity contribution in [1.29, 1.82) is 0 Å². The van der Waals surface area contributed by atoms with Gasteiger partial charge >= 0.3 is 0 Å². The molecule has 1 aliphatic rings. The van der Waals surface area contributed by atoms with E-state index in [2.05, 4.69) is 15.7 Å². The Balaban J connectivity index is 1.75. The zero-order valence-electron chi connectivity index (χ0n) is 13.3. The van der Waals surface area contributed by atoms with Crippen LogP contribution in [0.25, 0.3) is 0 Å². The van der Waals surface area contributed by atoms with Gasteiger partial charge in [0.15, 0.2) is 0 Å². The summed E-state index contributed by atoms with van der Waals surface area (Å²) in [5.74, 6) is -0.108. The summed E-state index contributed by atoms with van der Waals surface area (Å²) in [5.41, 5.74) is 0.435. The van der Waals surface area contributed by atoms with Crippen LogP contribution in [0.1, 0.15) is 42.2 Å². The van der Waals surface area contributed by atoms with Crippen LogP contribution in [0, 0.1) is 0 Å². The Hall–Kier alpha value is -1.89. The van der Waals surface area contributed by atoms with Crippen molar-refractivity contribution >= 4 is 11.8 Å². The lowest BCUT2D eigenvalue weighted by Crippen LogP contribution is -2.32. The van der Waals surface area contributed by atoms with Gasteiger partial charge in [0.05, 0.1) is 6.04 Å². The van der Waals surface area contributed by atoms with Gasteiger partial charge < -0.3 is 15.5 Å². The molecule has 2 N–H and O–H groups in total. The van der Waals surface area contributed by atoms with E-state index in [1.54, 1.807) is 25.1 Å². The first-order valence-corrected chi connectivity index (χ1v) is 7.82. The second kappa shape index (κ2) is 7.93. The molecule has 1 saturated heterocycles. The van der Waals surface area contributed by atoms with E-state index in [0.29, 0.717) is 31.1 Å². The maximum absolute atomic E-state index is 12.0. The first-order chi connectivity index (χ1) is 10.6. The molecule has 2 heterocycles. The molecule has 1 aromatic rings. The number of hydrogen-bond acceptors (Lipinski definition) is 4. The second-order valence-corrected chi connectivity index (χ2v) is 5.83. The van der Waals surface area contributed by atoms with Gasteiger partial charge in [0.2, 0.25) is 5.91 Å². The third-order valence-electron chi connectivity index (χ3n) is 3.84. The highest BCUT2D eigenvalue weighted by atomic mass is 16.2. The molecule has 22 heavy (non-hydrogen) atoms. The average Bonchev–Trinajstić information content (AvgIpc) is 3.02. The van der Waals surface area contributed by atoms with Crippen LogP contribution in [0.2, 0.25) is 0 Å². The average molecular weight is 307 g/mol. The summed E-state index contributed by atoms with van der Waals surface area (Å²) in [4.78, 5) is 25.0. The van der Waals surface area contributed by atoms with Crippen LogP contribution in [-0.2, 0) is 4.79 Å². The van der Waals surface area contributed by atoms with E-state index < -0.39 is 0 Å². The normalized spacial score (nSPS) is 18.0. The molecule has 1 fully saturated rings. The Kier molecular flexibility index (Phi) is 5.94. The maximum atomic E-state index is 12.0. The van der Waals surface area contributed by atoms with Crippen LogP contribution < -0.4 is 10.6 Å². The number of aromatic nitrogens is 2. The molecule has 1 aliphatic heterocycles. The molecular formula is C15H25N5O2. The van der Waals surface area contributed by atoms with E-state index in [1.807, 2.05) is 10.9 Å². The predicted octanol–water partition coefficient (Wildman–Crippen LogP) is 0.406. The number of carbonyl (C=O) groups excluding carboxylic acids is 2. The van der Waals surface area contributed by atoms with E-state index in [4.69, 9.17) is 0 Å². The van der Waals surface area contributed by atoms with Gasteiger partial charge in [0.1, 0.15) is 5.69 Å². The van der Waals surface area contributed by atoms with Crippen LogP contribution >= 0.6 is 0 Å². The standard InChI is InChI=1S/C15H25N5O2/c1-19(2)14(21)6-4-9-17-15(22)13-7-10-20(18-13)12-5-3-8-16-11-12/h7,10,12,16H,3-6,8-9,11H2,1-2H3,(H,17,22). The highest BCUT2D eigenvalue weighted by Gasteiger charge is 2.17. The summed E-state index contributed by atoms with van der Waals surface area (Å²) in [7, 11) is 3.46. The number of amides is 2. The number of hydrogen-bond donors (Lipinski definition) is 2. The Morgan fingerprint density at radius 1 is 1.50 bits per heavy atom. The maximum Gasteiger partial charge on any atom is 0.271 e. The highest BCUT2D eigenvalue weighted by molar-refractivity contribution is 5.92. The Morgan fingerprint density at radius 3 is 3.00 bits per heavy atom. The molecular weight excluding hydrogens is 282 g/mol.